The number of hydrogen-bond donors (Lipinski definition) is 3. The number of carbonyl (C=O) groups excluding carboxylic acids is 1. The maximum absolute atomic E-state index is 11.8. The number of amides is 1. The normalized spacial score (nSPS) is 21.2. The van der Waals surface area contributed by atoms with Crippen LogP contribution < -0.4 is 10.6 Å². The van der Waals surface area contributed by atoms with Crippen molar-refractivity contribution >= 4 is 34.4 Å². The summed E-state index contributed by atoms with van der Waals surface area (Å²) in [7, 11) is 0. The summed E-state index contributed by atoms with van der Waals surface area (Å²) in [4.78, 5) is 26.3. The SMILES string of the molecule is C=CC(=O)N1CCC(NC[C@@H]2CCC[C@H](Nc3ncc(Cl)c(-c4c[nH]c5ccccc45)n3)C2)CC1. The molecular formula is C27H33ClN6O. The van der Waals surface area contributed by atoms with E-state index in [1.54, 1.807) is 6.20 Å². The summed E-state index contributed by atoms with van der Waals surface area (Å²) >= 11 is 6.50. The number of aromatic amines is 1. The highest BCUT2D eigenvalue weighted by atomic mass is 35.5. The minimum absolute atomic E-state index is 0.0434. The van der Waals surface area contributed by atoms with Gasteiger partial charge in [0.15, 0.2) is 0 Å². The highest BCUT2D eigenvalue weighted by Gasteiger charge is 2.26. The molecule has 0 unspecified atom stereocenters. The van der Waals surface area contributed by atoms with E-state index in [0.29, 0.717) is 29.0 Å². The number of para-hydroxylation sites is 1. The van der Waals surface area contributed by atoms with Crippen molar-refractivity contribution in [3.05, 3.63) is 54.3 Å². The lowest BCUT2D eigenvalue weighted by molar-refractivity contribution is -0.127. The summed E-state index contributed by atoms with van der Waals surface area (Å²) < 4.78 is 0. The lowest BCUT2D eigenvalue weighted by Gasteiger charge is -2.34. The van der Waals surface area contributed by atoms with Crippen LogP contribution >= 0.6 is 11.6 Å². The summed E-state index contributed by atoms with van der Waals surface area (Å²) in [6.45, 7) is 6.23. The Labute approximate surface area is 211 Å². The number of aromatic nitrogens is 3. The predicted octanol–water partition coefficient (Wildman–Crippen LogP) is 5.02. The molecule has 0 spiro atoms. The van der Waals surface area contributed by atoms with Gasteiger partial charge in [-0.2, -0.15) is 0 Å². The van der Waals surface area contributed by atoms with Gasteiger partial charge >= 0.3 is 0 Å². The zero-order valence-corrected chi connectivity index (χ0v) is 20.7. The number of benzene rings is 1. The Morgan fingerprint density at radius 2 is 2.03 bits per heavy atom. The van der Waals surface area contributed by atoms with Crippen LogP contribution in [0.2, 0.25) is 5.02 Å². The number of H-pyrrole nitrogens is 1. The van der Waals surface area contributed by atoms with Gasteiger partial charge in [0.2, 0.25) is 11.9 Å². The molecule has 35 heavy (non-hydrogen) atoms. The number of fused-ring (bicyclic) bond motifs is 1. The third kappa shape index (κ3) is 5.52. The largest absolute Gasteiger partial charge is 0.360 e. The summed E-state index contributed by atoms with van der Waals surface area (Å²) in [5.74, 6) is 1.30. The number of nitrogens with one attached hydrogen (secondary N) is 3. The van der Waals surface area contributed by atoms with E-state index in [4.69, 9.17) is 16.6 Å². The van der Waals surface area contributed by atoms with Gasteiger partial charge in [-0.1, -0.05) is 42.8 Å². The first-order valence-corrected chi connectivity index (χ1v) is 13.0. The highest BCUT2D eigenvalue weighted by Crippen LogP contribution is 2.33. The van der Waals surface area contributed by atoms with Crippen LogP contribution in [0.5, 0.6) is 0 Å². The fourth-order valence-electron chi connectivity index (χ4n) is 5.45. The molecule has 2 aliphatic rings. The lowest BCUT2D eigenvalue weighted by atomic mass is 9.85. The van der Waals surface area contributed by atoms with E-state index >= 15 is 0 Å². The molecule has 1 amide bonds. The Morgan fingerprint density at radius 1 is 1.20 bits per heavy atom. The predicted molar refractivity (Wildman–Crippen MR) is 142 cm³/mol. The van der Waals surface area contributed by atoms with Crippen molar-refractivity contribution in [2.75, 3.05) is 25.0 Å². The summed E-state index contributed by atoms with van der Waals surface area (Å²) in [6, 6.07) is 8.99. The first-order valence-electron chi connectivity index (χ1n) is 12.6. The van der Waals surface area contributed by atoms with Crippen LogP contribution in [0.15, 0.2) is 49.3 Å². The van der Waals surface area contributed by atoms with Gasteiger partial charge in [-0.3, -0.25) is 4.79 Å². The number of carbonyl (C=O) groups is 1. The molecule has 184 valence electrons. The fourth-order valence-corrected chi connectivity index (χ4v) is 5.64. The second-order valence-electron chi connectivity index (χ2n) is 9.72. The van der Waals surface area contributed by atoms with E-state index < -0.39 is 0 Å². The van der Waals surface area contributed by atoms with Crippen LogP contribution in [0.1, 0.15) is 38.5 Å². The molecule has 0 radical (unpaired) electrons. The average molecular weight is 493 g/mol. The van der Waals surface area contributed by atoms with Crippen LogP contribution in [0.3, 0.4) is 0 Å². The molecule has 1 saturated heterocycles. The van der Waals surface area contributed by atoms with Crippen LogP contribution in [-0.2, 0) is 4.79 Å². The third-order valence-electron chi connectivity index (χ3n) is 7.38. The van der Waals surface area contributed by atoms with Crippen molar-refractivity contribution in [1.29, 1.82) is 0 Å². The Morgan fingerprint density at radius 3 is 2.86 bits per heavy atom. The number of rotatable bonds is 7. The molecule has 3 heterocycles. The Bertz CT molecular complexity index is 1190. The maximum Gasteiger partial charge on any atom is 0.245 e. The number of nitrogens with zero attached hydrogens (tertiary/aromatic N) is 3. The topological polar surface area (TPSA) is 85.9 Å². The van der Waals surface area contributed by atoms with Crippen molar-refractivity contribution < 1.29 is 4.79 Å². The average Bonchev–Trinajstić information content (AvgIpc) is 3.33. The molecule has 2 atom stereocenters. The molecule has 3 N–H and O–H groups in total. The smallest absolute Gasteiger partial charge is 0.245 e. The minimum Gasteiger partial charge on any atom is -0.360 e. The van der Waals surface area contributed by atoms with Gasteiger partial charge in [0.25, 0.3) is 0 Å². The molecule has 2 aromatic heterocycles. The van der Waals surface area contributed by atoms with E-state index in [0.717, 1.165) is 67.5 Å². The molecule has 8 heteroatoms. The van der Waals surface area contributed by atoms with Crippen molar-refractivity contribution in [3.63, 3.8) is 0 Å². The molecule has 1 saturated carbocycles. The van der Waals surface area contributed by atoms with E-state index in [-0.39, 0.29) is 5.91 Å². The number of halogens is 1. The molecule has 1 aromatic carbocycles. The summed E-state index contributed by atoms with van der Waals surface area (Å²) in [6.07, 6.45) is 11.7. The number of likely N-dealkylation sites (tertiary alicyclic amines) is 1. The molecule has 1 aliphatic heterocycles. The van der Waals surface area contributed by atoms with Crippen LogP contribution in [-0.4, -0.2) is 57.5 Å². The molecule has 7 nitrogen and oxygen atoms in total. The van der Waals surface area contributed by atoms with Gasteiger partial charge in [0.05, 0.1) is 16.9 Å². The van der Waals surface area contributed by atoms with Crippen molar-refractivity contribution in [1.82, 2.24) is 25.2 Å². The number of anilines is 1. The fraction of sp³-hybridized carbons (Fsp3) is 0.444. The first kappa shape index (κ1) is 23.8. The van der Waals surface area contributed by atoms with Gasteiger partial charge in [-0.25, -0.2) is 9.97 Å². The standard InChI is InChI=1S/C27H33ClN6O/c1-2-25(35)34-12-10-19(11-13-34)29-15-18-6-5-7-20(14-18)32-27-31-17-23(28)26(33-27)22-16-30-24-9-4-3-8-21(22)24/h2-4,8-9,16-20,29-30H,1,5-7,10-15H2,(H,31,32,33)/t18-,20+/m1/s1. The minimum atomic E-state index is 0.0434. The second kappa shape index (κ2) is 10.8. The highest BCUT2D eigenvalue weighted by molar-refractivity contribution is 6.33. The molecule has 3 aromatic rings. The third-order valence-corrected chi connectivity index (χ3v) is 7.66. The first-order chi connectivity index (χ1) is 17.1. The number of hydrogen-bond acceptors (Lipinski definition) is 5. The molecule has 2 fully saturated rings. The van der Waals surface area contributed by atoms with E-state index in [1.807, 2.05) is 29.3 Å². The van der Waals surface area contributed by atoms with E-state index in [1.165, 1.54) is 18.9 Å². The van der Waals surface area contributed by atoms with Gasteiger partial charge in [0.1, 0.15) is 0 Å². The molecular weight excluding hydrogens is 460 g/mol. The van der Waals surface area contributed by atoms with Gasteiger partial charge in [-0.15, -0.1) is 0 Å². The van der Waals surface area contributed by atoms with Gasteiger partial charge in [0, 0.05) is 47.8 Å². The van der Waals surface area contributed by atoms with Crippen molar-refractivity contribution in [2.24, 2.45) is 5.92 Å². The van der Waals surface area contributed by atoms with Gasteiger partial charge in [-0.05, 0) is 56.7 Å². The lowest BCUT2D eigenvalue weighted by Crippen LogP contribution is -2.46. The second-order valence-corrected chi connectivity index (χ2v) is 10.1. The zero-order valence-electron chi connectivity index (χ0n) is 20.0. The Kier molecular flexibility index (Phi) is 7.35. The Balaban J connectivity index is 1.17. The molecule has 5 rings (SSSR count). The van der Waals surface area contributed by atoms with Crippen molar-refractivity contribution in [3.8, 4) is 11.3 Å². The Hall–Kier alpha value is -2.90. The van der Waals surface area contributed by atoms with Crippen molar-refractivity contribution in [2.45, 2.75) is 50.6 Å². The molecule has 0 bridgehead atoms. The van der Waals surface area contributed by atoms with Crippen LogP contribution in [0.25, 0.3) is 22.2 Å². The van der Waals surface area contributed by atoms with E-state index in [2.05, 4.69) is 33.2 Å². The summed E-state index contributed by atoms with van der Waals surface area (Å²) in [5, 5.41) is 8.99. The number of piperidine rings is 1. The monoisotopic (exact) mass is 492 g/mol. The molecule has 1 aliphatic carbocycles. The maximum atomic E-state index is 11.8. The van der Waals surface area contributed by atoms with Crippen LogP contribution in [0.4, 0.5) is 5.95 Å². The van der Waals surface area contributed by atoms with Crippen LogP contribution in [0, 0.1) is 5.92 Å². The zero-order chi connectivity index (χ0) is 24.2. The summed E-state index contributed by atoms with van der Waals surface area (Å²) in [5.41, 5.74) is 2.80. The van der Waals surface area contributed by atoms with Gasteiger partial charge < -0.3 is 20.5 Å². The quantitative estimate of drug-likeness (QED) is 0.403. The van der Waals surface area contributed by atoms with E-state index in [9.17, 15) is 4.79 Å².